The van der Waals surface area contributed by atoms with Crippen LogP contribution in [0.4, 0.5) is 5.69 Å². The molecule has 4 nitrogen and oxygen atoms in total. The zero-order valence-electron chi connectivity index (χ0n) is 9.52. The molecule has 5 heteroatoms. The summed E-state index contributed by atoms with van der Waals surface area (Å²) in [5.74, 6) is 0.794. The summed E-state index contributed by atoms with van der Waals surface area (Å²) in [6, 6.07) is 7.21. The van der Waals surface area contributed by atoms with Gasteiger partial charge in [0.15, 0.2) is 0 Å². The first-order chi connectivity index (χ1) is 8.10. The molecule has 0 radical (unpaired) electrons. The summed E-state index contributed by atoms with van der Waals surface area (Å²) in [6.07, 6.45) is 0. The Hall–Kier alpha value is -1.93. The van der Waals surface area contributed by atoms with Crippen molar-refractivity contribution in [1.29, 1.82) is 5.26 Å². The van der Waals surface area contributed by atoms with Gasteiger partial charge in [-0.15, -0.1) is 0 Å². The van der Waals surface area contributed by atoms with Gasteiger partial charge in [0.25, 0.3) is 5.22 Å². The highest BCUT2D eigenvalue weighted by Crippen LogP contribution is 2.32. The van der Waals surface area contributed by atoms with Crippen LogP contribution in [0, 0.1) is 25.2 Å². The average Bonchev–Trinajstić information content (AvgIpc) is 2.61. The first-order valence-electron chi connectivity index (χ1n) is 5.01. The SMILES string of the molecule is Cc1nc(Sc2cc(C#N)ccc2N)oc1C. The molecule has 0 fully saturated rings. The summed E-state index contributed by atoms with van der Waals surface area (Å²) < 4.78 is 5.46. The van der Waals surface area contributed by atoms with Crippen LogP contribution < -0.4 is 5.73 Å². The molecule has 0 saturated heterocycles. The van der Waals surface area contributed by atoms with Gasteiger partial charge in [0.1, 0.15) is 5.76 Å². The number of nitrogen functional groups attached to an aromatic ring is 1. The van der Waals surface area contributed by atoms with Gasteiger partial charge in [0.05, 0.1) is 17.3 Å². The van der Waals surface area contributed by atoms with Crippen molar-refractivity contribution in [2.24, 2.45) is 0 Å². The van der Waals surface area contributed by atoms with Gasteiger partial charge >= 0.3 is 0 Å². The van der Waals surface area contributed by atoms with Crippen LogP contribution in [0.1, 0.15) is 17.0 Å². The van der Waals surface area contributed by atoms with Gasteiger partial charge in [-0.05, 0) is 43.8 Å². The fourth-order valence-electron chi connectivity index (χ4n) is 1.27. The van der Waals surface area contributed by atoms with E-state index in [2.05, 4.69) is 11.1 Å². The van der Waals surface area contributed by atoms with Crippen molar-refractivity contribution in [2.75, 3.05) is 5.73 Å². The first kappa shape index (κ1) is 11.6. The van der Waals surface area contributed by atoms with Gasteiger partial charge in [-0.25, -0.2) is 4.98 Å². The van der Waals surface area contributed by atoms with Gasteiger partial charge in [-0.3, -0.25) is 0 Å². The summed E-state index contributed by atoms with van der Waals surface area (Å²) in [5, 5.41) is 9.37. The molecule has 0 spiro atoms. The lowest BCUT2D eigenvalue weighted by atomic mass is 10.2. The predicted octanol–water partition coefficient (Wildman–Crippen LogP) is 2.90. The van der Waals surface area contributed by atoms with E-state index in [1.807, 2.05) is 13.8 Å². The van der Waals surface area contributed by atoms with E-state index in [1.54, 1.807) is 18.2 Å². The lowest BCUT2D eigenvalue weighted by Gasteiger charge is -2.02. The minimum atomic E-state index is 0.543. The maximum absolute atomic E-state index is 8.83. The van der Waals surface area contributed by atoms with Crippen LogP contribution in [0.2, 0.25) is 0 Å². The second-order valence-electron chi connectivity index (χ2n) is 3.59. The fraction of sp³-hybridized carbons (Fsp3) is 0.167. The Balaban J connectivity index is 2.32. The number of nitrogens with two attached hydrogens (primary N) is 1. The maximum Gasteiger partial charge on any atom is 0.261 e. The molecule has 0 amide bonds. The Morgan fingerprint density at radius 3 is 2.76 bits per heavy atom. The normalized spacial score (nSPS) is 10.2. The maximum atomic E-state index is 8.83. The van der Waals surface area contributed by atoms with E-state index in [0.29, 0.717) is 16.5 Å². The van der Waals surface area contributed by atoms with Crippen LogP contribution in [0.3, 0.4) is 0 Å². The van der Waals surface area contributed by atoms with Crippen molar-refractivity contribution in [3.8, 4) is 6.07 Å². The van der Waals surface area contributed by atoms with Crippen molar-refractivity contribution < 1.29 is 4.42 Å². The molecule has 1 heterocycles. The van der Waals surface area contributed by atoms with E-state index in [1.165, 1.54) is 11.8 Å². The van der Waals surface area contributed by atoms with E-state index < -0.39 is 0 Å². The first-order valence-corrected chi connectivity index (χ1v) is 5.83. The summed E-state index contributed by atoms with van der Waals surface area (Å²) in [6.45, 7) is 3.75. The second kappa shape index (κ2) is 4.52. The quantitative estimate of drug-likeness (QED) is 0.823. The smallest absolute Gasteiger partial charge is 0.261 e. The van der Waals surface area contributed by atoms with Gasteiger partial charge < -0.3 is 10.2 Å². The molecular weight excluding hydrogens is 234 g/mol. The van der Waals surface area contributed by atoms with Crippen LogP contribution in [-0.2, 0) is 0 Å². The van der Waals surface area contributed by atoms with Crippen LogP contribution in [0.25, 0.3) is 0 Å². The largest absolute Gasteiger partial charge is 0.436 e. The molecule has 0 unspecified atom stereocenters. The summed E-state index contributed by atoms with van der Waals surface area (Å²) in [7, 11) is 0. The third kappa shape index (κ3) is 2.43. The van der Waals surface area contributed by atoms with Crippen molar-refractivity contribution in [2.45, 2.75) is 24.0 Å². The highest BCUT2D eigenvalue weighted by atomic mass is 32.2. The Labute approximate surface area is 103 Å². The molecule has 0 aliphatic heterocycles. The molecule has 86 valence electrons. The van der Waals surface area contributed by atoms with Crippen LogP contribution in [0.15, 0.2) is 32.7 Å². The Morgan fingerprint density at radius 1 is 1.41 bits per heavy atom. The third-order valence-corrected chi connectivity index (χ3v) is 3.27. The monoisotopic (exact) mass is 245 g/mol. The van der Waals surface area contributed by atoms with Gasteiger partial charge in [0, 0.05) is 10.6 Å². The molecule has 2 aromatic rings. The highest BCUT2D eigenvalue weighted by Gasteiger charge is 2.10. The number of aryl methyl sites for hydroxylation is 2. The topological polar surface area (TPSA) is 75.8 Å². The molecule has 1 aromatic carbocycles. The zero-order valence-corrected chi connectivity index (χ0v) is 10.3. The Morgan fingerprint density at radius 2 is 2.18 bits per heavy atom. The van der Waals surface area contributed by atoms with E-state index in [9.17, 15) is 0 Å². The molecule has 0 atom stereocenters. The number of oxazole rings is 1. The molecule has 0 aliphatic rings. The third-order valence-electron chi connectivity index (χ3n) is 2.35. The molecule has 2 rings (SSSR count). The van der Waals surface area contributed by atoms with E-state index >= 15 is 0 Å². The lowest BCUT2D eigenvalue weighted by molar-refractivity contribution is 0.431. The summed E-state index contributed by atoms with van der Waals surface area (Å²) in [5.41, 5.74) is 7.89. The van der Waals surface area contributed by atoms with E-state index in [0.717, 1.165) is 16.3 Å². The van der Waals surface area contributed by atoms with Crippen LogP contribution in [-0.4, -0.2) is 4.98 Å². The van der Waals surface area contributed by atoms with E-state index in [-0.39, 0.29) is 0 Å². The number of aromatic nitrogens is 1. The number of nitriles is 1. The summed E-state index contributed by atoms with van der Waals surface area (Å²) in [4.78, 5) is 5.04. The molecule has 0 aliphatic carbocycles. The number of hydrogen-bond donors (Lipinski definition) is 1. The van der Waals surface area contributed by atoms with E-state index in [4.69, 9.17) is 15.4 Å². The Kier molecular flexibility index (Phi) is 3.07. The number of rotatable bonds is 2. The molecule has 1 aromatic heterocycles. The van der Waals surface area contributed by atoms with Gasteiger partial charge in [-0.2, -0.15) is 5.26 Å². The number of anilines is 1. The van der Waals surface area contributed by atoms with Crippen molar-refractivity contribution in [3.63, 3.8) is 0 Å². The minimum absolute atomic E-state index is 0.543. The fourth-order valence-corrected chi connectivity index (χ4v) is 2.18. The van der Waals surface area contributed by atoms with Crippen molar-refractivity contribution in [1.82, 2.24) is 4.98 Å². The minimum Gasteiger partial charge on any atom is -0.436 e. The Bertz CT molecular complexity index is 579. The average molecular weight is 245 g/mol. The molecule has 0 bridgehead atoms. The molecule has 2 N–H and O–H groups in total. The second-order valence-corrected chi connectivity index (χ2v) is 4.58. The predicted molar refractivity (Wildman–Crippen MR) is 65.7 cm³/mol. The number of nitrogens with zero attached hydrogens (tertiary/aromatic N) is 2. The molecule has 17 heavy (non-hydrogen) atoms. The van der Waals surface area contributed by atoms with Gasteiger partial charge in [0.2, 0.25) is 0 Å². The molecule has 0 saturated carbocycles. The summed E-state index contributed by atoms with van der Waals surface area (Å²) >= 11 is 1.32. The van der Waals surface area contributed by atoms with Gasteiger partial charge in [-0.1, -0.05) is 0 Å². The van der Waals surface area contributed by atoms with Crippen molar-refractivity contribution in [3.05, 3.63) is 35.2 Å². The zero-order chi connectivity index (χ0) is 12.4. The standard InChI is InChI=1S/C12H11N3OS/c1-7-8(2)16-12(15-7)17-11-5-9(6-13)3-4-10(11)14/h3-5H,14H2,1-2H3. The van der Waals surface area contributed by atoms with Crippen molar-refractivity contribution >= 4 is 17.4 Å². The number of hydrogen-bond acceptors (Lipinski definition) is 5. The molecular formula is C12H11N3OS. The highest BCUT2D eigenvalue weighted by molar-refractivity contribution is 7.99. The van der Waals surface area contributed by atoms with Crippen LogP contribution in [0.5, 0.6) is 0 Å². The number of benzene rings is 1. The lowest BCUT2D eigenvalue weighted by Crippen LogP contribution is -1.89. The van der Waals surface area contributed by atoms with Crippen LogP contribution >= 0.6 is 11.8 Å².